The number of amides is 1. The molecule has 1 aromatic heterocycles. The lowest BCUT2D eigenvalue weighted by molar-refractivity contribution is -0.139. The van der Waals surface area contributed by atoms with Crippen molar-refractivity contribution in [3.05, 3.63) is 54.1 Å². The molecule has 1 amide bonds. The molecule has 5 nitrogen and oxygen atoms in total. The summed E-state index contributed by atoms with van der Waals surface area (Å²) in [6, 6.07) is 10.6. The van der Waals surface area contributed by atoms with Crippen LogP contribution in [0.3, 0.4) is 0 Å². The fourth-order valence-corrected chi connectivity index (χ4v) is 4.62. The molecule has 2 aliphatic rings. The number of likely N-dealkylation sites (tertiary alicyclic amines) is 2. The summed E-state index contributed by atoms with van der Waals surface area (Å²) < 4.78 is 2.12. The molecule has 0 saturated carbocycles. The zero-order valence-corrected chi connectivity index (χ0v) is 16.3. The first kappa shape index (κ1) is 18.2. The van der Waals surface area contributed by atoms with Gasteiger partial charge in [-0.2, -0.15) is 0 Å². The Morgan fingerprint density at radius 1 is 1.07 bits per heavy atom. The zero-order chi connectivity index (χ0) is 18.6. The maximum absolute atomic E-state index is 13.3. The normalized spacial score (nSPS) is 22.1. The molecule has 1 atom stereocenters. The van der Waals surface area contributed by atoms with E-state index in [2.05, 4.69) is 50.7 Å². The van der Waals surface area contributed by atoms with Gasteiger partial charge in [0.25, 0.3) is 0 Å². The fraction of sp³-hybridized carbons (Fsp3) is 0.545. The summed E-state index contributed by atoms with van der Waals surface area (Å²) in [6.45, 7) is 3.61. The van der Waals surface area contributed by atoms with Gasteiger partial charge in [0, 0.05) is 45.0 Å². The van der Waals surface area contributed by atoms with Crippen molar-refractivity contribution in [1.82, 2.24) is 19.4 Å². The zero-order valence-electron chi connectivity index (χ0n) is 16.3. The van der Waals surface area contributed by atoms with E-state index in [0.29, 0.717) is 11.8 Å². The van der Waals surface area contributed by atoms with Crippen LogP contribution >= 0.6 is 0 Å². The monoisotopic (exact) mass is 366 g/mol. The molecule has 3 heterocycles. The lowest BCUT2D eigenvalue weighted by Gasteiger charge is -2.40. The average Bonchev–Trinajstić information content (AvgIpc) is 3.15. The summed E-state index contributed by atoms with van der Waals surface area (Å²) in [7, 11) is 2.06. The molecule has 0 aliphatic carbocycles. The summed E-state index contributed by atoms with van der Waals surface area (Å²) in [5, 5.41) is 0. The number of aromatic nitrogens is 2. The van der Waals surface area contributed by atoms with E-state index in [1.165, 1.54) is 12.0 Å². The second kappa shape index (κ2) is 8.26. The van der Waals surface area contributed by atoms with Crippen molar-refractivity contribution in [2.24, 2.45) is 7.05 Å². The molecule has 0 bridgehead atoms. The maximum Gasteiger partial charge on any atom is 0.239 e. The number of nitrogens with zero attached hydrogens (tertiary/aromatic N) is 4. The fourth-order valence-electron chi connectivity index (χ4n) is 4.62. The number of rotatable bonds is 4. The largest absolute Gasteiger partial charge is 0.341 e. The number of hydrogen-bond acceptors (Lipinski definition) is 3. The topological polar surface area (TPSA) is 41.4 Å². The quantitative estimate of drug-likeness (QED) is 0.834. The molecule has 0 N–H and O–H groups in total. The van der Waals surface area contributed by atoms with Gasteiger partial charge in [0.2, 0.25) is 5.91 Å². The van der Waals surface area contributed by atoms with Crippen LogP contribution in [0.2, 0.25) is 0 Å². The number of aryl methyl sites for hydroxylation is 1. The van der Waals surface area contributed by atoms with Crippen LogP contribution in [0.5, 0.6) is 0 Å². The third-order valence-corrected chi connectivity index (χ3v) is 6.16. The lowest BCUT2D eigenvalue weighted by Crippen LogP contribution is -2.52. The van der Waals surface area contributed by atoms with E-state index in [1.54, 1.807) is 0 Å². The molecule has 0 radical (unpaired) electrons. The van der Waals surface area contributed by atoms with Gasteiger partial charge < -0.3 is 9.47 Å². The van der Waals surface area contributed by atoms with E-state index in [-0.39, 0.29) is 6.04 Å². The van der Waals surface area contributed by atoms with E-state index < -0.39 is 0 Å². The predicted octanol–water partition coefficient (Wildman–Crippen LogP) is 3.18. The van der Waals surface area contributed by atoms with Gasteiger partial charge in [0.1, 0.15) is 5.82 Å². The Bertz CT molecular complexity index is 749. The highest BCUT2D eigenvalue weighted by molar-refractivity contribution is 5.82. The Morgan fingerprint density at radius 3 is 2.56 bits per heavy atom. The number of benzene rings is 1. The molecule has 4 rings (SSSR count). The van der Waals surface area contributed by atoms with E-state index in [9.17, 15) is 4.79 Å². The van der Waals surface area contributed by atoms with E-state index in [4.69, 9.17) is 0 Å². The SMILES string of the molecule is Cn1ccnc1C1CCN(C(=O)[C@H]2CCCCN2Cc2ccccc2)CC1. The van der Waals surface area contributed by atoms with Crippen LogP contribution in [0, 0.1) is 0 Å². The number of hydrogen-bond donors (Lipinski definition) is 0. The van der Waals surface area contributed by atoms with Gasteiger partial charge in [0.05, 0.1) is 6.04 Å². The van der Waals surface area contributed by atoms with E-state index >= 15 is 0 Å². The van der Waals surface area contributed by atoms with Crippen LogP contribution in [0.4, 0.5) is 0 Å². The molecule has 2 saturated heterocycles. The molecule has 0 spiro atoms. The molecule has 0 unspecified atom stereocenters. The van der Waals surface area contributed by atoms with Gasteiger partial charge >= 0.3 is 0 Å². The molecule has 2 aromatic rings. The second-order valence-electron chi connectivity index (χ2n) is 7.96. The van der Waals surface area contributed by atoms with Crippen molar-refractivity contribution in [3.8, 4) is 0 Å². The first-order valence-electron chi connectivity index (χ1n) is 10.3. The minimum absolute atomic E-state index is 0.0451. The van der Waals surface area contributed by atoms with E-state index in [0.717, 1.165) is 57.7 Å². The third kappa shape index (κ3) is 4.08. The molecule has 27 heavy (non-hydrogen) atoms. The first-order chi connectivity index (χ1) is 13.2. The van der Waals surface area contributed by atoms with Crippen molar-refractivity contribution in [3.63, 3.8) is 0 Å². The van der Waals surface area contributed by atoms with Crippen LogP contribution < -0.4 is 0 Å². The number of carbonyl (C=O) groups excluding carboxylic acids is 1. The van der Waals surface area contributed by atoms with Crippen molar-refractivity contribution >= 4 is 5.91 Å². The average molecular weight is 367 g/mol. The van der Waals surface area contributed by atoms with Gasteiger partial charge in [-0.1, -0.05) is 36.8 Å². The van der Waals surface area contributed by atoms with Crippen LogP contribution in [-0.4, -0.2) is 50.9 Å². The van der Waals surface area contributed by atoms with Gasteiger partial charge in [-0.15, -0.1) is 0 Å². The Morgan fingerprint density at radius 2 is 1.85 bits per heavy atom. The minimum atomic E-state index is 0.0451. The standard InChI is InChI=1S/C22H30N4O/c1-24-16-12-23-21(24)19-10-14-25(15-11-19)22(27)20-9-5-6-13-26(20)17-18-7-3-2-4-8-18/h2-4,7-8,12,16,19-20H,5-6,9-11,13-15,17H2,1H3/t20-/m1/s1. The molecule has 144 valence electrons. The van der Waals surface area contributed by atoms with Crippen molar-refractivity contribution in [2.45, 2.75) is 50.6 Å². The highest BCUT2D eigenvalue weighted by Crippen LogP contribution is 2.28. The Kier molecular flexibility index (Phi) is 5.58. The van der Waals surface area contributed by atoms with Gasteiger partial charge in [0.15, 0.2) is 0 Å². The van der Waals surface area contributed by atoms with Crippen LogP contribution in [0.15, 0.2) is 42.7 Å². The number of imidazole rings is 1. The number of carbonyl (C=O) groups is 1. The molecular weight excluding hydrogens is 336 g/mol. The molecule has 5 heteroatoms. The Labute approximate surface area is 162 Å². The summed E-state index contributed by atoms with van der Waals surface area (Å²) in [4.78, 5) is 22.3. The third-order valence-electron chi connectivity index (χ3n) is 6.16. The summed E-state index contributed by atoms with van der Waals surface area (Å²) >= 11 is 0. The highest BCUT2D eigenvalue weighted by atomic mass is 16.2. The van der Waals surface area contributed by atoms with Crippen LogP contribution in [-0.2, 0) is 18.4 Å². The van der Waals surface area contributed by atoms with Gasteiger partial charge in [-0.25, -0.2) is 4.98 Å². The van der Waals surface area contributed by atoms with Crippen molar-refractivity contribution in [1.29, 1.82) is 0 Å². The summed E-state index contributed by atoms with van der Waals surface area (Å²) in [6.07, 6.45) is 9.25. The minimum Gasteiger partial charge on any atom is -0.341 e. The van der Waals surface area contributed by atoms with Crippen LogP contribution in [0.1, 0.15) is 49.4 Å². The van der Waals surface area contributed by atoms with Crippen LogP contribution in [0.25, 0.3) is 0 Å². The maximum atomic E-state index is 13.3. The van der Waals surface area contributed by atoms with E-state index in [1.807, 2.05) is 18.5 Å². The number of piperidine rings is 2. The Hall–Kier alpha value is -2.14. The molecular formula is C22H30N4O. The van der Waals surface area contributed by atoms with Crippen molar-refractivity contribution < 1.29 is 4.79 Å². The van der Waals surface area contributed by atoms with Gasteiger partial charge in [-0.05, 0) is 37.8 Å². The molecule has 1 aromatic carbocycles. The smallest absolute Gasteiger partial charge is 0.239 e. The predicted molar refractivity (Wildman–Crippen MR) is 106 cm³/mol. The van der Waals surface area contributed by atoms with Gasteiger partial charge in [-0.3, -0.25) is 9.69 Å². The lowest BCUT2D eigenvalue weighted by atomic mass is 9.94. The Balaban J connectivity index is 1.38. The highest BCUT2D eigenvalue weighted by Gasteiger charge is 2.34. The summed E-state index contributed by atoms with van der Waals surface area (Å²) in [5.74, 6) is 1.97. The molecule has 2 fully saturated rings. The first-order valence-corrected chi connectivity index (χ1v) is 10.3. The van der Waals surface area contributed by atoms with Crippen molar-refractivity contribution in [2.75, 3.05) is 19.6 Å². The second-order valence-corrected chi connectivity index (χ2v) is 7.96. The summed E-state index contributed by atoms with van der Waals surface area (Å²) in [5.41, 5.74) is 1.30. The molecule has 2 aliphatic heterocycles.